The van der Waals surface area contributed by atoms with Crippen molar-refractivity contribution in [1.82, 2.24) is 9.55 Å². The third-order valence-corrected chi connectivity index (χ3v) is 9.15. The minimum absolute atomic E-state index is 0.0468. The lowest BCUT2D eigenvalue weighted by molar-refractivity contribution is 0.660. The Morgan fingerprint density at radius 2 is 1.31 bits per heavy atom. The number of aromatic nitrogens is 2. The predicted molar refractivity (Wildman–Crippen MR) is 191 cm³/mol. The average Bonchev–Trinajstić information content (AvgIpc) is 3.56. The topological polar surface area (TPSA) is 17.8 Å². The van der Waals surface area contributed by atoms with E-state index in [1.54, 1.807) is 0 Å². The smallest absolute Gasteiger partial charge is 0.114 e. The summed E-state index contributed by atoms with van der Waals surface area (Å²) in [6.07, 6.45) is 14.4. The van der Waals surface area contributed by atoms with Gasteiger partial charge in [0.15, 0.2) is 0 Å². The molecule has 0 bridgehead atoms. The van der Waals surface area contributed by atoms with Crippen LogP contribution in [0.25, 0.3) is 65.7 Å². The fourth-order valence-corrected chi connectivity index (χ4v) is 7.16. The molecule has 214 valence electrons. The number of imidazole rings is 1. The number of rotatable bonds is 4. The summed E-state index contributed by atoms with van der Waals surface area (Å²) in [4.78, 5) is 4.89. The van der Waals surface area contributed by atoms with E-state index in [2.05, 4.69) is 60.1 Å². The molecule has 0 radical (unpaired) electrons. The molecular weight excluding hydrogens is 544 g/mol. The van der Waals surface area contributed by atoms with E-state index in [0.29, 0.717) is 5.56 Å². The molecule has 0 saturated heterocycles. The second kappa shape index (κ2) is 10.3. The van der Waals surface area contributed by atoms with Crippen molar-refractivity contribution in [2.75, 3.05) is 0 Å². The first-order chi connectivity index (χ1) is 25.2. The molecule has 0 saturated carbocycles. The summed E-state index contributed by atoms with van der Waals surface area (Å²) in [5, 5.41) is 3.49. The van der Waals surface area contributed by atoms with E-state index in [4.69, 9.17) is 13.2 Å². The number of fused-ring (bicyclic) bond motifs is 5. The van der Waals surface area contributed by atoms with Gasteiger partial charge in [-0.15, -0.1) is 0 Å². The Morgan fingerprint density at radius 1 is 0.667 bits per heavy atom. The van der Waals surface area contributed by atoms with Crippen molar-refractivity contribution < 1.29 is 9.60 Å². The SMILES string of the molecule is [2H]c1c([2H])c([2H])c2c(-c3c4ccccc4c(C4=CC5C=CC(n6c(CC)nc7ccccc76)=CC5C=C4)c4ccccc34)c([2H])c([2H])c([2H])c2c1[2H]. The standard InChI is InChI=1S/C43H32N2/c1-2-41-44-39-20-9-10-21-40(39)45(41)32-25-24-29-26-31(23-22-30(29)27-32)42-35-15-5-7-17-37(35)43(38-18-8-6-16-36(38)42)34-19-11-13-28-12-3-4-14-33(28)34/h3-27,29-30H,2H2,1H3/i3D,4D,11D,12D,13D,14D,19D. The lowest BCUT2D eigenvalue weighted by atomic mass is 9.78. The third kappa shape index (κ3) is 4.06. The van der Waals surface area contributed by atoms with Crippen molar-refractivity contribution in [3.8, 4) is 11.1 Å². The van der Waals surface area contributed by atoms with Crippen LogP contribution in [0.3, 0.4) is 0 Å². The molecule has 2 aliphatic rings. The fourth-order valence-electron chi connectivity index (χ4n) is 7.16. The predicted octanol–water partition coefficient (Wildman–Crippen LogP) is 11.0. The molecule has 2 atom stereocenters. The van der Waals surface area contributed by atoms with Crippen LogP contribution in [-0.2, 0) is 6.42 Å². The summed E-state index contributed by atoms with van der Waals surface area (Å²) in [5.74, 6) is 1.30. The highest BCUT2D eigenvalue weighted by molar-refractivity contribution is 6.21. The zero-order valence-corrected chi connectivity index (χ0v) is 24.6. The van der Waals surface area contributed by atoms with Crippen molar-refractivity contribution >= 4 is 54.6 Å². The summed E-state index contributed by atoms with van der Waals surface area (Å²) in [7, 11) is 0. The molecule has 45 heavy (non-hydrogen) atoms. The number of para-hydroxylation sites is 2. The molecular formula is C43H32N2. The quantitative estimate of drug-likeness (QED) is 0.188. The Morgan fingerprint density at radius 3 is 2.09 bits per heavy atom. The Kier molecular flexibility index (Phi) is 4.52. The third-order valence-electron chi connectivity index (χ3n) is 9.15. The molecule has 0 spiro atoms. The maximum absolute atomic E-state index is 9.19. The molecule has 0 fully saturated rings. The number of aryl methyl sites for hydroxylation is 1. The number of nitrogens with zero attached hydrogens (tertiary/aromatic N) is 2. The van der Waals surface area contributed by atoms with E-state index in [-0.39, 0.29) is 58.4 Å². The van der Waals surface area contributed by atoms with E-state index in [1.165, 1.54) is 0 Å². The van der Waals surface area contributed by atoms with Gasteiger partial charge in [-0.05, 0) is 72.8 Å². The monoisotopic (exact) mass is 583 g/mol. The molecule has 0 N–H and O–H groups in total. The Bertz CT molecular complexity index is 2760. The zero-order chi connectivity index (χ0) is 36.0. The molecule has 1 aromatic heterocycles. The number of benzene rings is 6. The summed E-state index contributed by atoms with van der Waals surface area (Å²) < 4.78 is 63.4. The lowest BCUT2D eigenvalue weighted by Gasteiger charge is -2.27. The highest BCUT2D eigenvalue weighted by atomic mass is 15.1. The van der Waals surface area contributed by atoms with E-state index in [1.807, 2.05) is 60.7 Å². The second-order valence-electron chi connectivity index (χ2n) is 11.6. The van der Waals surface area contributed by atoms with Crippen LogP contribution in [0.4, 0.5) is 0 Å². The lowest BCUT2D eigenvalue weighted by Crippen LogP contribution is -2.15. The van der Waals surface area contributed by atoms with Gasteiger partial charge in [0.25, 0.3) is 0 Å². The van der Waals surface area contributed by atoms with Crippen molar-refractivity contribution in [2.24, 2.45) is 11.8 Å². The first-order valence-corrected chi connectivity index (χ1v) is 15.4. The molecule has 1 heterocycles. The molecule has 2 nitrogen and oxygen atoms in total. The summed E-state index contributed by atoms with van der Waals surface area (Å²) in [6, 6.07) is 21.5. The van der Waals surface area contributed by atoms with Gasteiger partial charge in [0.2, 0.25) is 0 Å². The molecule has 2 aliphatic carbocycles. The van der Waals surface area contributed by atoms with Gasteiger partial charge in [0, 0.05) is 24.0 Å². The highest BCUT2D eigenvalue weighted by Crippen LogP contribution is 2.45. The van der Waals surface area contributed by atoms with Crippen molar-refractivity contribution in [1.29, 1.82) is 0 Å². The highest BCUT2D eigenvalue weighted by Gasteiger charge is 2.25. The normalized spacial score (nSPS) is 19.8. The van der Waals surface area contributed by atoms with Gasteiger partial charge in [-0.2, -0.15) is 0 Å². The van der Waals surface area contributed by atoms with Crippen LogP contribution >= 0.6 is 0 Å². The second-order valence-corrected chi connectivity index (χ2v) is 11.6. The molecule has 2 unspecified atom stereocenters. The molecule has 9 rings (SSSR count). The number of hydrogen-bond donors (Lipinski definition) is 0. The fraction of sp³-hybridized carbons (Fsp3) is 0.0930. The van der Waals surface area contributed by atoms with Crippen LogP contribution in [0.1, 0.15) is 27.9 Å². The van der Waals surface area contributed by atoms with Gasteiger partial charge in [0.05, 0.1) is 20.6 Å². The van der Waals surface area contributed by atoms with Gasteiger partial charge in [-0.3, -0.25) is 4.57 Å². The average molecular weight is 584 g/mol. The van der Waals surface area contributed by atoms with Crippen LogP contribution in [0.15, 0.2) is 152 Å². The summed E-state index contributed by atoms with van der Waals surface area (Å²) >= 11 is 0. The first-order valence-electron chi connectivity index (χ1n) is 18.9. The van der Waals surface area contributed by atoms with Gasteiger partial charge in [-0.1, -0.05) is 140 Å². The number of hydrogen-bond acceptors (Lipinski definition) is 1. The minimum Gasteiger partial charge on any atom is -0.297 e. The van der Waals surface area contributed by atoms with E-state index >= 15 is 0 Å². The molecule has 0 aliphatic heterocycles. The molecule has 7 aromatic rings. The first kappa shape index (κ1) is 19.7. The Labute approximate surface area is 272 Å². The van der Waals surface area contributed by atoms with Gasteiger partial charge >= 0.3 is 0 Å². The van der Waals surface area contributed by atoms with Crippen molar-refractivity contribution in [3.63, 3.8) is 0 Å². The Hall–Kier alpha value is -5.47. The van der Waals surface area contributed by atoms with Gasteiger partial charge in [-0.25, -0.2) is 4.98 Å². The zero-order valence-electron chi connectivity index (χ0n) is 31.6. The van der Waals surface area contributed by atoms with Crippen LogP contribution in [0.5, 0.6) is 0 Å². The summed E-state index contributed by atoms with van der Waals surface area (Å²) in [5.41, 5.74) is 6.13. The number of allylic oxidation sites excluding steroid dienone is 8. The Balaban J connectivity index is 1.26. The van der Waals surface area contributed by atoms with Crippen molar-refractivity contribution in [2.45, 2.75) is 13.3 Å². The maximum atomic E-state index is 9.19. The minimum atomic E-state index is -0.462. The van der Waals surface area contributed by atoms with Crippen molar-refractivity contribution in [3.05, 3.63) is 163 Å². The van der Waals surface area contributed by atoms with E-state index in [9.17, 15) is 1.37 Å². The summed E-state index contributed by atoms with van der Waals surface area (Å²) in [6.45, 7) is 2.13. The van der Waals surface area contributed by atoms with Crippen LogP contribution in [0.2, 0.25) is 0 Å². The van der Waals surface area contributed by atoms with E-state index in [0.717, 1.165) is 61.7 Å². The molecule has 6 aromatic carbocycles. The molecule has 2 heteroatoms. The van der Waals surface area contributed by atoms with Crippen LogP contribution < -0.4 is 0 Å². The van der Waals surface area contributed by atoms with Gasteiger partial charge < -0.3 is 0 Å². The maximum Gasteiger partial charge on any atom is 0.114 e. The molecule has 0 amide bonds. The van der Waals surface area contributed by atoms with Crippen LogP contribution in [0, 0.1) is 11.8 Å². The largest absolute Gasteiger partial charge is 0.297 e. The van der Waals surface area contributed by atoms with Crippen LogP contribution in [-0.4, -0.2) is 9.55 Å². The van der Waals surface area contributed by atoms with E-state index < -0.39 is 12.1 Å². The van der Waals surface area contributed by atoms with Gasteiger partial charge in [0.1, 0.15) is 5.82 Å².